The van der Waals surface area contributed by atoms with Gasteiger partial charge in [-0.1, -0.05) is 142 Å². The first-order chi connectivity index (χ1) is 18.1. The SMILES string of the molecule is CCCCCCCCCc1ccc(OB(O)O)c(CCCCCCCCC)c1CCCCCCCCC. The van der Waals surface area contributed by atoms with E-state index < -0.39 is 7.32 Å². The molecule has 0 unspecified atom stereocenters. The molecule has 3 nitrogen and oxygen atoms in total. The smallest absolute Gasteiger partial charge is 0.512 e. The summed E-state index contributed by atoms with van der Waals surface area (Å²) in [5.74, 6) is 0.683. The first-order valence-electron chi connectivity index (χ1n) is 16.3. The molecule has 0 bridgehead atoms. The zero-order valence-electron chi connectivity index (χ0n) is 25.0. The highest BCUT2D eigenvalue weighted by Gasteiger charge is 2.19. The molecular formula is C33H61BO3. The summed E-state index contributed by atoms with van der Waals surface area (Å²) >= 11 is 0. The Kier molecular flexibility index (Phi) is 22.1. The van der Waals surface area contributed by atoms with E-state index in [9.17, 15) is 10.0 Å². The molecule has 0 amide bonds. The minimum Gasteiger partial charge on any atom is -0.512 e. The minimum atomic E-state index is -1.76. The topological polar surface area (TPSA) is 49.7 Å². The second-order valence-electron chi connectivity index (χ2n) is 11.2. The van der Waals surface area contributed by atoms with Crippen LogP contribution in [0.25, 0.3) is 0 Å². The molecule has 0 saturated heterocycles. The Labute approximate surface area is 231 Å². The van der Waals surface area contributed by atoms with Gasteiger partial charge in [-0.2, -0.15) is 0 Å². The van der Waals surface area contributed by atoms with Crippen molar-refractivity contribution in [1.82, 2.24) is 0 Å². The van der Waals surface area contributed by atoms with Gasteiger partial charge >= 0.3 is 7.32 Å². The fourth-order valence-electron chi connectivity index (χ4n) is 5.55. The Morgan fingerprint density at radius 1 is 0.486 bits per heavy atom. The van der Waals surface area contributed by atoms with E-state index in [1.165, 1.54) is 145 Å². The molecule has 0 fully saturated rings. The van der Waals surface area contributed by atoms with Crippen LogP contribution in [-0.4, -0.2) is 17.4 Å². The van der Waals surface area contributed by atoms with Gasteiger partial charge in [-0.25, -0.2) is 0 Å². The summed E-state index contributed by atoms with van der Waals surface area (Å²) in [4.78, 5) is 0. The molecule has 2 N–H and O–H groups in total. The van der Waals surface area contributed by atoms with E-state index in [0.717, 1.165) is 25.7 Å². The number of hydrogen-bond acceptors (Lipinski definition) is 3. The number of aryl methyl sites for hydroxylation is 1. The second kappa shape index (κ2) is 24.1. The van der Waals surface area contributed by atoms with Gasteiger partial charge in [-0.15, -0.1) is 0 Å². The third kappa shape index (κ3) is 17.3. The fourth-order valence-corrected chi connectivity index (χ4v) is 5.55. The Bertz CT molecular complexity index is 647. The van der Waals surface area contributed by atoms with Gasteiger partial charge in [-0.3, -0.25) is 0 Å². The largest absolute Gasteiger partial charge is 0.707 e. The molecule has 214 valence electrons. The van der Waals surface area contributed by atoms with E-state index in [-0.39, 0.29) is 0 Å². The Morgan fingerprint density at radius 2 is 0.865 bits per heavy atom. The number of hydrogen-bond donors (Lipinski definition) is 2. The van der Waals surface area contributed by atoms with Crippen LogP contribution in [0.2, 0.25) is 0 Å². The maximum Gasteiger partial charge on any atom is 0.707 e. The average molecular weight is 517 g/mol. The molecule has 0 spiro atoms. The second-order valence-corrected chi connectivity index (χ2v) is 11.2. The van der Waals surface area contributed by atoms with Crippen molar-refractivity contribution in [1.29, 1.82) is 0 Å². The summed E-state index contributed by atoms with van der Waals surface area (Å²) in [6.07, 6.45) is 30.7. The van der Waals surface area contributed by atoms with Crippen LogP contribution in [-0.2, 0) is 19.3 Å². The summed E-state index contributed by atoms with van der Waals surface area (Å²) < 4.78 is 5.51. The first-order valence-corrected chi connectivity index (χ1v) is 16.3. The van der Waals surface area contributed by atoms with Gasteiger partial charge < -0.3 is 14.7 Å². The molecule has 0 aliphatic heterocycles. The monoisotopic (exact) mass is 516 g/mol. The van der Waals surface area contributed by atoms with Crippen molar-refractivity contribution in [2.75, 3.05) is 0 Å². The van der Waals surface area contributed by atoms with Crippen LogP contribution in [0.1, 0.15) is 172 Å². The lowest BCUT2D eigenvalue weighted by Gasteiger charge is -2.20. The zero-order chi connectivity index (χ0) is 27.0. The predicted octanol–water partition coefficient (Wildman–Crippen LogP) is 9.91. The lowest BCUT2D eigenvalue weighted by molar-refractivity contribution is 0.286. The third-order valence-electron chi connectivity index (χ3n) is 7.83. The van der Waals surface area contributed by atoms with E-state index in [4.69, 9.17) is 4.65 Å². The molecule has 0 saturated carbocycles. The van der Waals surface area contributed by atoms with Crippen molar-refractivity contribution in [3.8, 4) is 5.75 Å². The Balaban J connectivity index is 2.84. The molecular weight excluding hydrogens is 455 g/mol. The maximum absolute atomic E-state index is 9.59. The number of benzene rings is 1. The van der Waals surface area contributed by atoms with Crippen molar-refractivity contribution in [2.24, 2.45) is 0 Å². The van der Waals surface area contributed by atoms with Gasteiger partial charge in [0.1, 0.15) is 5.75 Å². The van der Waals surface area contributed by atoms with Crippen LogP contribution in [0.3, 0.4) is 0 Å². The van der Waals surface area contributed by atoms with Gasteiger partial charge in [0, 0.05) is 0 Å². The molecule has 0 aromatic heterocycles. The zero-order valence-corrected chi connectivity index (χ0v) is 25.0. The Morgan fingerprint density at radius 3 is 1.30 bits per heavy atom. The van der Waals surface area contributed by atoms with Crippen LogP contribution in [0, 0.1) is 0 Å². The summed E-state index contributed by atoms with van der Waals surface area (Å²) in [5.41, 5.74) is 4.16. The van der Waals surface area contributed by atoms with Crippen molar-refractivity contribution in [2.45, 2.75) is 175 Å². The van der Waals surface area contributed by atoms with Crippen molar-refractivity contribution in [3.63, 3.8) is 0 Å². The van der Waals surface area contributed by atoms with Crippen LogP contribution in [0.5, 0.6) is 5.75 Å². The first kappa shape index (κ1) is 34.0. The Hall–Kier alpha value is -0.995. The summed E-state index contributed by atoms with van der Waals surface area (Å²) in [6, 6.07) is 4.21. The van der Waals surface area contributed by atoms with E-state index in [1.807, 2.05) is 6.07 Å². The standard InChI is InChI=1S/C33H61BO3/c1-4-7-10-13-16-19-22-25-30-28-29-33(37-34(35)36)32(27-24-21-18-15-12-9-6-3)31(30)26-23-20-17-14-11-8-5-2/h28-29,35-36H,4-27H2,1-3H3. The molecule has 1 rings (SSSR count). The van der Waals surface area contributed by atoms with Crippen molar-refractivity contribution in [3.05, 3.63) is 28.8 Å². The van der Waals surface area contributed by atoms with E-state index in [2.05, 4.69) is 26.8 Å². The molecule has 37 heavy (non-hydrogen) atoms. The summed E-state index contributed by atoms with van der Waals surface area (Å²) in [7, 11) is -1.76. The lowest BCUT2D eigenvalue weighted by atomic mass is 9.89. The highest BCUT2D eigenvalue weighted by atomic mass is 16.6. The molecule has 0 aliphatic rings. The number of rotatable bonds is 26. The number of unbranched alkanes of at least 4 members (excludes halogenated alkanes) is 18. The lowest BCUT2D eigenvalue weighted by Crippen LogP contribution is -2.22. The summed E-state index contributed by atoms with van der Waals surface area (Å²) in [6.45, 7) is 6.82. The predicted molar refractivity (Wildman–Crippen MR) is 162 cm³/mol. The van der Waals surface area contributed by atoms with Crippen LogP contribution >= 0.6 is 0 Å². The molecule has 1 aromatic carbocycles. The quantitative estimate of drug-likeness (QED) is 0.0951. The minimum absolute atomic E-state index is 0.683. The van der Waals surface area contributed by atoms with E-state index in [0.29, 0.717) is 5.75 Å². The molecule has 4 heteroatoms. The fraction of sp³-hybridized carbons (Fsp3) is 0.818. The highest BCUT2D eigenvalue weighted by Crippen LogP contribution is 2.31. The van der Waals surface area contributed by atoms with Gasteiger partial charge in [0.2, 0.25) is 0 Å². The maximum atomic E-state index is 9.59. The molecule has 0 heterocycles. The van der Waals surface area contributed by atoms with E-state index >= 15 is 0 Å². The molecule has 0 aliphatic carbocycles. The van der Waals surface area contributed by atoms with Crippen molar-refractivity contribution < 1.29 is 14.7 Å². The van der Waals surface area contributed by atoms with Crippen LogP contribution in [0.4, 0.5) is 0 Å². The van der Waals surface area contributed by atoms with Gasteiger partial charge in [0.15, 0.2) is 0 Å². The van der Waals surface area contributed by atoms with E-state index in [1.54, 1.807) is 0 Å². The average Bonchev–Trinajstić information content (AvgIpc) is 2.88. The van der Waals surface area contributed by atoms with Crippen LogP contribution in [0.15, 0.2) is 12.1 Å². The molecule has 0 atom stereocenters. The van der Waals surface area contributed by atoms with Gasteiger partial charge in [0.05, 0.1) is 0 Å². The van der Waals surface area contributed by atoms with Crippen molar-refractivity contribution >= 4 is 7.32 Å². The van der Waals surface area contributed by atoms with Crippen LogP contribution < -0.4 is 4.65 Å². The van der Waals surface area contributed by atoms with Gasteiger partial charge in [-0.05, 0) is 61.3 Å². The normalized spacial score (nSPS) is 11.3. The third-order valence-corrected chi connectivity index (χ3v) is 7.83. The summed E-state index contributed by atoms with van der Waals surface area (Å²) in [5, 5.41) is 19.2. The molecule has 1 aromatic rings. The highest BCUT2D eigenvalue weighted by molar-refractivity contribution is 6.33. The molecule has 0 radical (unpaired) electrons. The van der Waals surface area contributed by atoms with Gasteiger partial charge in [0.25, 0.3) is 0 Å².